The van der Waals surface area contributed by atoms with Crippen molar-refractivity contribution in [3.63, 3.8) is 0 Å². The third-order valence-electron chi connectivity index (χ3n) is 8.44. The van der Waals surface area contributed by atoms with Crippen LogP contribution in [0.3, 0.4) is 0 Å². The van der Waals surface area contributed by atoms with E-state index >= 15 is 0 Å². The van der Waals surface area contributed by atoms with Crippen molar-refractivity contribution in [2.24, 2.45) is 5.41 Å². The van der Waals surface area contributed by atoms with E-state index in [1.165, 1.54) is 0 Å². The Hall–Kier alpha value is -1.48. The molecule has 0 saturated carbocycles. The van der Waals surface area contributed by atoms with Gasteiger partial charge >= 0.3 is 0 Å². The average molecular weight is 610 g/mol. The summed E-state index contributed by atoms with van der Waals surface area (Å²) in [4.78, 5) is 16.8. The van der Waals surface area contributed by atoms with Gasteiger partial charge in [-0.25, -0.2) is 0 Å². The zero-order chi connectivity index (χ0) is 29.2. The van der Waals surface area contributed by atoms with Crippen LogP contribution in [0.2, 0.25) is 10.0 Å². The lowest BCUT2D eigenvalue weighted by molar-refractivity contribution is -0.163. The molecule has 0 bridgehead atoms. The van der Waals surface area contributed by atoms with Gasteiger partial charge in [0.1, 0.15) is 0 Å². The first-order valence-corrected chi connectivity index (χ1v) is 16.0. The molecule has 2 heterocycles. The molecule has 3 unspecified atom stereocenters. The maximum atomic E-state index is 14.7. The first-order chi connectivity index (χ1) is 18.8. The van der Waals surface area contributed by atoms with E-state index in [9.17, 15) is 13.6 Å². The Morgan fingerprint density at radius 1 is 1.07 bits per heavy atom. The number of amides is 1. The molecule has 2 aromatic rings. The number of nitrogens with zero attached hydrogens (tertiary/aromatic N) is 1. The molecular weight excluding hydrogens is 569 g/mol. The van der Waals surface area contributed by atoms with Gasteiger partial charge in [0.05, 0.1) is 18.8 Å². The number of piperidine rings is 1. The van der Waals surface area contributed by atoms with E-state index in [-0.39, 0.29) is 30.0 Å². The Kier molecular flexibility index (Phi) is 10.1. The lowest BCUT2D eigenvalue weighted by atomic mass is 9.66. The van der Waals surface area contributed by atoms with Crippen molar-refractivity contribution in [3.05, 3.63) is 69.7 Å². The van der Waals surface area contributed by atoms with Crippen molar-refractivity contribution in [2.75, 3.05) is 6.61 Å². The molecule has 0 N–H and O–H groups in total. The first-order valence-electron chi connectivity index (χ1n) is 14.1. The fourth-order valence-electron chi connectivity index (χ4n) is 6.40. The summed E-state index contributed by atoms with van der Waals surface area (Å²) in [6.45, 7) is 10.0. The summed E-state index contributed by atoms with van der Waals surface area (Å²) in [6, 6.07) is 15.2. The van der Waals surface area contributed by atoms with Crippen molar-refractivity contribution in [3.8, 4) is 0 Å². The van der Waals surface area contributed by atoms with Crippen LogP contribution in [0.4, 0.5) is 0 Å². The second kappa shape index (κ2) is 12.8. The fourth-order valence-corrected chi connectivity index (χ4v) is 7.05. The molecule has 40 heavy (non-hydrogen) atoms. The number of ether oxygens (including phenoxy) is 2. The van der Waals surface area contributed by atoms with E-state index in [0.29, 0.717) is 48.8 Å². The van der Waals surface area contributed by atoms with Gasteiger partial charge < -0.3 is 18.9 Å². The molecule has 6 nitrogen and oxygen atoms in total. The maximum absolute atomic E-state index is 14.7. The zero-order valence-electron chi connectivity index (χ0n) is 23.9. The van der Waals surface area contributed by atoms with Gasteiger partial charge in [0.25, 0.3) is 0 Å². The van der Waals surface area contributed by atoms with Crippen LogP contribution in [0.1, 0.15) is 89.8 Å². The van der Waals surface area contributed by atoms with Crippen LogP contribution < -0.4 is 0 Å². The minimum absolute atomic E-state index is 0.0572. The quantitative estimate of drug-likeness (QED) is 0.262. The van der Waals surface area contributed by atoms with E-state index in [0.717, 1.165) is 11.1 Å². The molecule has 2 saturated heterocycles. The monoisotopic (exact) mass is 608 g/mol. The Balaban J connectivity index is 1.81. The summed E-state index contributed by atoms with van der Waals surface area (Å²) in [7, 11) is 0. The molecule has 9 heteroatoms. The highest BCUT2D eigenvalue weighted by Crippen LogP contribution is 2.53. The minimum Gasteiger partial charge on any atom is -0.772 e. The fraction of sp³-hybridized carbons (Fsp3) is 0.581. The van der Waals surface area contributed by atoms with Crippen LogP contribution in [-0.4, -0.2) is 49.4 Å². The number of likely N-dealkylation sites (tertiary alicyclic amines) is 1. The number of carbonyl (C=O) groups excluding carboxylic acids is 1. The second-order valence-electron chi connectivity index (χ2n) is 12.0. The molecule has 1 amide bonds. The Morgan fingerprint density at radius 3 is 2.35 bits per heavy atom. The molecule has 0 aliphatic carbocycles. The maximum Gasteiger partial charge on any atom is 0.229 e. The van der Waals surface area contributed by atoms with Gasteiger partial charge in [-0.3, -0.25) is 9.00 Å². The molecular formula is C31H40Cl2NO5S-. The highest BCUT2D eigenvalue weighted by Gasteiger charge is 2.53. The standard InChI is InChI=1S/C31H41Cl2NO5S/c1-6-25(15-10-20(2)40(36)37)34-28(21-11-13-23(32)14-12-21)27(22-8-7-9-24(33)16-22)18-31(5,29(34)35)17-26-19-38-30(3,4)39-26/h7-9,11-14,16,20,25-28H,6,10,15,17-19H2,1-5H3,(H,36,37)/p-1/t20?,25-,26?,27+,28+,31-/m0/s1. The molecule has 0 radical (unpaired) electrons. The molecule has 7 atom stereocenters. The average Bonchev–Trinajstić information content (AvgIpc) is 3.24. The highest BCUT2D eigenvalue weighted by molar-refractivity contribution is 7.79. The predicted octanol–water partition coefficient (Wildman–Crippen LogP) is 7.42. The van der Waals surface area contributed by atoms with Crippen molar-refractivity contribution in [1.29, 1.82) is 0 Å². The van der Waals surface area contributed by atoms with Gasteiger partial charge in [-0.15, -0.1) is 0 Å². The van der Waals surface area contributed by atoms with E-state index in [1.807, 2.05) is 68.1 Å². The molecule has 0 aromatic heterocycles. The van der Waals surface area contributed by atoms with Crippen LogP contribution in [-0.2, 0) is 25.3 Å². The number of halogens is 2. The van der Waals surface area contributed by atoms with E-state index in [1.54, 1.807) is 6.92 Å². The summed E-state index contributed by atoms with van der Waals surface area (Å²) in [5.74, 6) is -0.688. The van der Waals surface area contributed by atoms with E-state index in [4.69, 9.17) is 32.7 Å². The second-order valence-corrected chi connectivity index (χ2v) is 14.2. The summed E-state index contributed by atoms with van der Waals surface area (Å²) in [5.41, 5.74) is 1.32. The zero-order valence-corrected chi connectivity index (χ0v) is 26.2. The Labute approximate surface area is 251 Å². The van der Waals surface area contributed by atoms with Crippen LogP contribution in [0, 0.1) is 5.41 Å². The smallest absolute Gasteiger partial charge is 0.229 e. The molecule has 2 aliphatic rings. The van der Waals surface area contributed by atoms with Gasteiger partial charge in [-0.05, 0) is 81.3 Å². The molecule has 2 aliphatic heterocycles. The highest BCUT2D eigenvalue weighted by atomic mass is 35.5. The number of benzene rings is 2. The third-order valence-corrected chi connectivity index (χ3v) is 9.82. The third kappa shape index (κ3) is 7.11. The van der Waals surface area contributed by atoms with Crippen molar-refractivity contribution in [1.82, 2.24) is 4.90 Å². The first kappa shape index (κ1) is 31.5. The molecule has 2 fully saturated rings. The number of hydrogen-bond acceptors (Lipinski definition) is 5. The number of hydrogen-bond donors (Lipinski definition) is 0. The molecule has 220 valence electrons. The summed E-state index contributed by atoms with van der Waals surface area (Å²) in [6.07, 6.45) is 2.67. The SMILES string of the molecule is CC[C@@H](CCC(C)S(=O)[O-])N1C(=O)[C@@](C)(CC2COC(C)(C)O2)C[C@H](c2cccc(Cl)c2)[C@H]1c1ccc(Cl)cc1. The number of rotatable bonds is 10. The van der Waals surface area contributed by atoms with Gasteiger partial charge in [0.2, 0.25) is 5.91 Å². The normalized spacial score (nSPS) is 28.9. The van der Waals surface area contributed by atoms with Crippen molar-refractivity contribution >= 4 is 40.2 Å². The largest absolute Gasteiger partial charge is 0.772 e. The molecule has 0 spiro atoms. The van der Waals surface area contributed by atoms with Gasteiger partial charge in [-0.1, -0.05) is 79.3 Å². The molecule has 4 rings (SSSR count). The van der Waals surface area contributed by atoms with E-state index < -0.39 is 27.5 Å². The molecule has 2 aromatic carbocycles. The van der Waals surface area contributed by atoms with Crippen molar-refractivity contribution in [2.45, 2.75) is 102 Å². The topological polar surface area (TPSA) is 78.9 Å². The lowest BCUT2D eigenvalue weighted by Crippen LogP contribution is -2.56. The van der Waals surface area contributed by atoms with Crippen LogP contribution in [0.5, 0.6) is 0 Å². The van der Waals surface area contributed by atoms with Crippen LogP contribution in [0.25, 0.3) is 0 Å². The predicted molar refractivity (Wildman–Crippen MR) is 159 cm³/mol. The van der Waals surface area contributed by atoms with E-state index in [2.05, 4.69) is 13.0 Å². The summed E-state index contributed by atoms with van der Waals surface area (Å²) in [5, 5.41) is 0.774. The summed E-state index contributed by atoms with van der Waals surface area (Å²) < 4.78 is 35.3. The van der Waals surface area contributed by atoms with Gasteiger partial charge in [0.15, 0.2) is 5.79 Å². The van der Waals surface area contributed by atoms with Crippen LogP contribution >= 0.6 is 23.2 Å². The van der Waals surface area contributed by atoms with Crippen LogP contribution in [0.15, 0.2) is 48.5 Å². The van der Waals surface area contributed by atoms with Gasteiger partial charge in [-0.2, -0.15) is 0 Å². The minimum atomic E-state index is -2.17. The van der Waals surface area contributed by atoms with Crippen molar-refractivity contribution < 1.29 is 23.0 Å². The Morgan fingerprint density at radius 2 is 1.77 bits per heavy atom. The van der Waals surface area contributed by atoms with Gasteiger partial charge in [0, 0.05) is 32.7 Å². The Bertz CT molecular complexity index is 1210. The number of carbonyl (C=O) groups is 1. The lowest BCUT2D eigenvalue weighted by Gasteiger charge is -2.52. The summed E-state index contributed by atoms with van der Waals surface area (Å²) >= 11 is 10.6.